The van der Waals surface area contributed by atoms with Gasteiger partial charge in [0.15, 0.2) is 0 Å². The highest BCUT2D eigenvalue weighted by atomic mass is 32.2. The first-order valence-corrected chi connectivity index (χ1v) is 9.18. The normalized spacial score (nSPS) is 11.5. The van der Waals surface area contributed by atoms with E-state index in [4.69, 9.17) is 0 Å². The van der Waals surface area contributed by atoms with E-state index in [0.29, 0.717) is 5.69 Å². The highest BCUT2D eigenvalue weighted by Crippen LogP contribution is 2.10. The number of carbonyl (C=O) groups is 1. The van der Waals surface area contributed by atoms with Gasteiger partial charge in [0.25, 0.3) is 0 Å². The van der Waals surface area contributed by atoms with Gasteiger partial charge in [0.2, 0.25) is 15.9 Å². The Bertz CT molecular complexity index is 792. The maximum Gasteiger partial charge on any atom is 0.225 e. The van der Waals surface area contributed by atoms with Gasteiger partial charge in [-0.2, -0.15) is 0 Å². The molecule has 1 aromatic carbocycles. The number of nitrogens with zero attached hydrogens (tertiary/aromatic N) is 2. The number of sulfonamides is 1. The molecule has 2 aromatic rings. The number of rotatable bonds is 7. The Morgan fingerprint density at radius 1 is 1.21 bits per heavy atom. The third-order valence-corrected chi connectivity index (χ3v) is 5.29. The third kappa shape index (κ3) is 5.43. The Morgan fingerprint density at radius 3 is 2.58 bits per heavy atom. The molecule has 0 aliphatic carbocycles. The average molecular weight is 347 g/mol. The van der Waals surface area contributed by atoms with Crippen LogP contribution >= 0.6 is 0 Å². The summed E-state index contributed by atoms with van der Waals surface area (Å²) in [5, 5.41) is 2.68. The zero-order valence-electron chi connectivity index (χ0n) is 13.8. The summed E-state index contributed by atoms with van der Waals surface area (Å²) in [7, 11) is -1.97. The number of aromatic nitrogens is 1. The van der Waals surface area contributed by atoms with Crippen LogP contribution < -0.4 is 5.32 Å². The molecule has 0 saturated heterocycles. The molecule has 0 atom stereocenters. The molecule has 1 aromatic heterocycles. The lowest BCUT2D eigenvalue weighted by Gasteiger charge is -2.17. The van der Waals surface area contributed by atoms with Crippen LogP contribution in [0.2, 0.25) is 0 Å². The minimum atomic E-state index is -3.49. The van der Waals surface area contributed by atoms with Gasteiger partial charge in [0, 0.05) is 37.6 Å². The molecule has 0 spiro atoms. The van der Waals surface area contributed by atoms with E-state index < -0.39 is 10.0 Å². The molecule has 0 aliphatic rings. The van der Waals surface area contributed by atoms with Crippen molar-refractivity contribution >= 4 is 21.6 Å². The lowest BCUT2D eigenvalue weighted by molar-refractivity contribution is -0.115. The van der Waals surface area contributed by atoms with Crippen LogP contribution in [0.5, 0.6) is 0 Å². The number of aryl methyl sites for hydroxylation is 1. The van der Waals surface area contributed by atoms with E-state index in [1.165, 1.54) is 11.4 Å². The molecule has 0 fully saturated rings. The second-order valence-corrected chi connectivity index (χ2v) is 7.74. The summed E-state index contributed by atoms with van der Waals surface area (Å²) in [4.78, 5) is 16.0. The molecule has 128 valence electrons. The van der Waals surface area contributed by atoms with Crippen LogP contribution in [-0.4, -0.2) is 36.4 Å². The second kappa shape index (κ2) is 8.03. The maximum absolute atomic E-state index is 12.3. The summed E-state index contributed by atoms with van der Waals surface area (Å²) in [6.07, 6.45) is 1.50. The zero-order valence-corrected chi connectivity index (χ0v) is 14.6. The third-order valence-electron chi connectivity index (χ3n) is 3.49. The van der Waals surface area contributed by atoms with Gasteiger partial charge in [-0.1, -0.05) is 30.3 Å². The molecule has 0 aliphatic heterocycles. The fourth-order valence-electron chi connectivity index (χ4n) is 2.16. The molecule has 0 bridgehead atoms. The molecule has 1 N–H and O–H groups in total. The van der Waals surface area contributed by atoms with Crippen molar-refractivity contribution in [2.45, 2.75) is 19.9 Å². The monoisotopic (exact) mass is 347 g/mol. The highest BCUT2D eigenvalue weighted by Gasteiger charge is 2.19. The number of benzene rings is 1. The van der Waals surface area contributed by atoms with E-state index in [1.54, 1.807) is 18.3 Å². The number of amides is 1. The molecule has 1 amide bonds. The fourth-order valence-corrected chi connectivity index (χ4v) is 3.26. The number of nitrogens with one attached hydrogen (secondary N) is 1. The average Bonchev–Trinajstić information content (AvgIpc) is 2.54. The molecule has 7 heteroatoms. The molecule has 0 saturated carbocycles. The van der Waals surface area contributed by atoms with Gasteiger partial charge >= 0.3 is 0 Å². The molecule has 0 radical (unpaired) electrons. The molecule has 0 unspecified atom stereocenters. The quantitative estimate of drug-likeness (QED) is 0.832. The van der Waals surface area contributed by atoms with Crippen LogP contribution in [0.25, 0.3) is 0 Å². The van der Waals surface area contributed by atoms with Gasteiger partial charge in [0.1, 0.15) is 0 Å². The summed E-state index contributed by atoms with van der Waals surface area (Å²) < 4.78 is 25.8. The lowest BCUT2D eigenvalue weighted by atomic mass is 10.2. The molecular formula is C17H21N3O3S. The molecular weight excluding hydrogens is 326 g/mol. The van der Waals surface area contributed by atoms with Crippen molar-refractivity contribution in [3.05, 3.63) is 59.9 Å². The number of hydrogen-bond acceptors (Lipinski definition) is 4. The molecule has 2 rings (SSSR count). The van der Waals surface area contributed by atoms with Gasteiger partial charge in [-0.25, -0.2) is 12.7 Å². The minimum absolute atomic E-state index is 0.0944. The number of carbonyl (C=O) groups excluding carboxylic acids is 1. The Morgan fingerprint density at radius 2 is 1.92 bits per heavy atom. The van der Waals surface area contributed by atoms with Crippen LogP contribution in [-0.2, 0) is 21.4 Å². The van der Waals surface area contributed by atoms with Crippen molar-refractivity contribution in [1.82, 2.24) is 9.29 Å². The summed E-state index contributed by atoms with van der Waals surface area (Å²) in [5.74, 6) is -0.566. The zero-order chi connectivity index (χ0) is 17.6. The SMILES string of the molecule is Cc1cc(NC(=O)CCS(=O)(=O)N(C)Cc2ccccc2)ccn1. The summed E-state index contributed by atoms with van der Waals surface area (Å²) in [6.45, 7) is 2.10. The van der Waals surface area contributed by atoms with Gasteiger partial charge < -0.3 is 5.32 Å². The van der Waals surface area contributed by atoms with Crippen molar-refractivity contribution in [3.63, 3.8) is 0 Å². The molecule has 1 heterocycles. The Balaban J connectivity index is 1.88. The topological polar surface area (TPSA) is 79.4 Å². The first-order valence-electron chi connectivity index (χ1n) is 7.57. The van der Waals surface area contributed by atoms with Crippen LogP contribution in [0, 0.1) is 6.92 Å². The molecule has 24 heavy (non-hydrogen) atoms. The summed E-state index contributed by atoms with van der Waals surface area (Å²) in [5.41, 5.74) is 2.30. The van der Waals surface area contributed by atoms with E-state index in [1.807, 2.05) is 37.3 Å². The van der Waals surface area contributed by atoms with Crippen molar-refractivity contribution < 1.29 is 13.2 Å². The predicted octanol–water partition coefficient (Wildman–Crippen LogP) is 2.18. The fraction of sp³-hybridized carbons (Fsp3) is 0.294. The smallest absolute Gasteiger partial charge is 0.225 e. The van der Waals surface area contributed by atoms with Crippen LogP contribution in [0.4, 0.5) is 5.69 Å². The first kappa shape index (κ1) is 18.1. The Kier molecular flexibility index (Phi) is 6.05. The summed E-state index contributed by atoms with van der Waals surface area (Å²) in [6, 6.07) is 12.7. The first-order chi connectivity index (χ1) is 11.4. The van der Waals surface area contributed by atoms with E-state index in [0.717, 1.165) is 11.3 Å². The van der Waals surface area contributed by atoms with Gasteiger partial charge in [0.05, 0.1) is 5.75 Å². The summed E-state index contributed by atoms with van der Waals surface area (Å²) >= 11 is 0. The Hall–Kier alpha value is -2.25. The van der Waals surface area contributed by atoms with E-state index >= 15 is 0 Å². The van der Waals surface area contributed by atoms with Gasteiger partial charge in [-0.15, -0.1) is 0 Å². The minimum Gasteiger partial charge on any atom is -0.326 e. The number of anilines is 1. The largest absolute Gasteiger partial charge is 0.326 e. The predicted molar refractivity (Wildman–Crippen MR) is 93.9 cm³/mol. The maximum atomic E-state index is 12.3. The van der Waals surface area contributed by atoms with Crippen molar-refractivity contribution in [3.8, 4) is 0 Å². The standard InChI is InChI=1S/C17H21N3O3S/c1-14-12-16(8-10-18-14)19-17(21)9-11-24(22,23)20(2)13-15-6-4-3-5-7-15/h3-8,10,12H,9,11,13H2,1-2H3,(H,18,19,21). The van der Waals surface area contributed by atoms with Crippen molar-refractivity contribution in [2.75, 3.05) is 18.1 Å². The van der Waals surface area contributed by atoms with Crippen molar-refractivity contribution in [1.29, 1.82) is 0 Å². The van der Waals surface area contributed by atoms with E-state index in [2.05, 4.69) is 10.3 Å². The van der Waals surface area contributed by atoms with Gasteiger partial charge in [-0.05, 0) is 24.6 Å². The Labute approximate surface area is 142 Å². The van der Waals surface area contributed by atoms with E-state index in [9.17, 15) is 13.2 Å². The lowest BCUT2D eigenvalue weighted by Crippen LogP contribution is -2.30. The van der Waals surface area contributed by atoms with E-state index in [-0.39, 0.29) is 24.6 Å². The van der Waals surface area contributed by atoms with Crippen molar-refractivity contribution in [2.24, 2.45) is 0 Å². The number of pyridine rings is 1. The highest BCUT2D eigenvalue weighted by molar-refractivity contribution is 7.89. The van der Waals surface area contributed by atoms with Crippen LogP contribution in [0.3, 0.4) is 0 Å². The number of hydrogen-bond donors (Lipinski definition) is 1. The van der Waals surface area contributed by atoms with Gasteiger partial charge in [-0.3, -0.25) is 9.78 Å². The van der Waals surface area contributed by atoms with Crippen LogP contribution in [0.15, 0.2) is 48.7 Å². The molecule has 6 nitrogen and oxygen atoms in total. The van der Waals surface area contributed by atoms with Crippen LogP contribution in [0.1, 0.15) is 17.7 Å². The second-order valence-electron chi connectivity index (χ2n) is 5.54.